The lowest BCUT2D eigenvalue weighted by molar-refractivity contribution is -0.0529. The summed E-state index contributed by atoms with van der Waals surface area (Å²) in [5.74, 6) is 0.812. The summed E-state index contributed by atoms with van der Waals surface area (Å²) in [6.45, 7) is 11.5. The summed E-state index contributed by atoms with van der Waals surface area (Å²) in [6, 6.07) is 0. The zero-order valence-electron chi connectivity index (χ0n) is 16.8. The fourth-order valence-electron chi connectivity index (χ4n) is 2.52. The van der Waals surface area contributed by atoms with Gasteiger partial charge in [-0.25, -0.2) is 4.79 Å². The van der Waals surface area contributed by atoms with Crippen LogP contribution in [-0.2, 0) is 13.9 Å². The minimum absolute atomic E-state index is 0.120. The zero-order valence-corrected chi connectivity index (χ0v) is 20.8. The molecule has 0 radical (unpaired) electrons. The summed E-state index contributed by atoms with van der Waals surface area (Å²) in [5, 5.41) is 0.120. The molecule has 0 bridgehead atoms. The number of nitrogen functional groups attached to an aromatic ring is 1. The number of ether oxygens (including phenoxy) is 2. The fourth-order valence-corrected chi connectivity index (χ4v) is 4.27. The largest absolute Gasteiger partial charge is 0.414 e. The number of aromatic nitrogens is 2. The first-order chi connectivity index (χ1) is 12.5. The van der Waals surface area contributed by atoms with Gasteiger partial charge in [0.05, 0.1) is 22.2 Å². The highest BCUT2D eigenvalue weighted by Gasteiger charge is 2.42. The third-order valence-electron chi connectivity index (χ3n) is 5.24. The van der Waals surface area contributed by atoms with Gasteiger partial charge in [0, 0.05) is 12.6 Å². The number of hydrogen-bond acceptors (Lipinski definition) is 7. The van der Waals surface area contributed by atoms with Gasteiger partial charge in [-0.05, 0) is 47.0 Å². The molecule has 0 aliphatic carbocycles. The molecule has 1 aromatic heterocycles. The van der Waals surface area contributed by atoms with Crippen molar-refractivity contribution in [3.8, 4) is 0 Å². The van der Waals surface area contributed by atoms with Crippen molar-refractivity contribution in [2.75, 3.05) is 24.5 Å². The first kappa shape index (κ1) is 23.1. The molecule has 1 aromatic rings. The van der Waals surface area contributed by atoms with Crippen LogP contribution in [0.4, 0.5) is 5.82 Å². The van der Waals surface area contributed by atoms with Crippen molar-refractivity contribution < 1.29 is 13.9 Å². The highest BCUT2D eigenvalue weighted by atomic mass is 127. The maximum absolute atomic E-state index is 12.3. The van der Waals surface area contributed by atoms with Crippen molar-refractivity contribution >= 4 is 48.5 Å². The van der Waals surface area contributed by atoms with Gasteiger partial charge in [-0.15, -0.1) is 11.8 Å². The molecule has 1 aliphatic rings. The Labute approximate surface area is 180 Å². The maximum Gasteiger partial charge on any atom is 0.351 e. The van der Waals surface area contributed by atoms with Crippen LogP contribution in [0, 0.1) is 3.57 Å². The summed E-state index contributed by atoms with van der Waals surface area (Å²) in [5.41, 5.74) is 5.32. The van der Waals surface area contributed by atoms with Crippen LogP contribution in [0.5, 0.6) is 0 Å². The molecule has 27 heavy (non-hydrogen) atoms. The van der Waals surface area contributed by atoms with Crippen molar-refractivity contribution in [3.63, 3.8) is 0 Å². The van der Waals surface area contributed by atoms with E-state index < -0.39 is 20.2 Å². The molecule has 0 spiro atoms. The Kier molecular flexibility index (Phi) is 7.81. The summed E-state index contributed by atoms with van der Waals surface area (Å²) in [6.07, 6.45) is 3.48. The standard InChI is InChI=1S/C17H30IN3O4SSi/c1-17(2,3)27(5,6)24-9-13-12(23-10-26-4)7-14(25-13)21-8-11(18)15(19)20-16(21)22/h8,12-14H,7,9-10H2,1-6H3,(H2,19,20,22)/t12-,13+,14+/m0/s1. The van der Waals surface area contributed by atoms with E-state index in [2.05, 4.69) is 61.4 Å². The van der Waals surface area contributed by atoms with Crippen LogP contribution in [0.15, 0.2) is 11.0 Å². The molecule has 1 fully saturated rings. The average molecular weight is 528 g/mol. The van der Waals surface area contributed by atoms with Crippen LogP contribution >= 0.6 is 34.4 Å². The molecule has 1 saturated heterocycles. The number of anilines is 1. The second-order valence-electron chi connectivity index (χ2n) is 8.21. The van der Waals surface area contributed by atoms with Gasteiger partial charge < -0.3 is 19.6 Å². The third-order valence-corrected chi connectivity index (χ3v) is 10.9. The van der Waals surface area contributed by atoms with Crippen LogP contribution in [0.2, 0.25) is 18.1 Å². The van der Waals surface area contributed by atoms with Crippen molar-refractivity contribution in [1.29, 1.82) is 0 Å². The number of rotatable bonds is 7. The van der Waals surface area contributed by atoms with Crippen LogP contribution in [0.3, 0.4) is 0 Å². The molecule has 0 aromatic carbocycles. The molecule has 2 rings (SSSR count). The number of hydrogen-bond donors (Lipinski definition) is 1. The van der Waals surface area contributed by atoms with Crippen LogP contribution in [0.1, 0.15) is 33.4 Å². The zero-order chi connectivity index (χ0) is 20.4. The summed E-state index contributed by atoms with van der Waals surface area (Å²) in [7, 11) is -1.90. The van der Waals surface area contributed by atoms with Gasteiger partial charge in [-0.2, -0.15) is 4.98 Å². The Hall–Kier alpha value is -0.143. The van der Waals surface area contributed by atoms with E-state index in [1.807, 2.05) is 6.26 Å². The van der Waals surface area contributed by atoms with E-state index in [1.165, 1.54) is 4.57 Å². The highest BCUT2D eigenvalue weighted by molar-refractivity contribution is 14.1. The molecule has 154 valence electrons. The molecule has 0 saturated carbocycles. The number of halogens is 1. The lowest BCUT2D eigenvalue weighted by Gasteiger charge is -2.37. The number of thioether (sulfide) groups is 1. The first-order valence-corrected chi connectivity index (χ1v) is 14.3. The van der Waals surface area contributed by atoms with E-state index in [0.717, 1.165) is 3.57 Å². The second-order valence-corrected chi connectivity index (χ2v) is 15.0. The average Bonchev–Trinajstić information content (AvgIpc) is 2.96. The number of nitrogens with two attached hydrogens (primary N) is 1. The Morgan fingerprint density at radius 3 is 2.74 bits per heavy atom. The van der Waals surface area contributed by atoms with E-state index in [-0.39, 0.29) is 23.1 Å². The molecule has 7 nitrogen and oxygen atoms in total. The van der Waals surface area contributed by atoms with Crippen molar-refractivity contribution in [3.05, 3.63) is 20.3 Å². The number of nitrogens with zero attached hydrogens (tertiary/aromatic N) is 2. The summed E-state index contributed by atoms with van der Waals surface area (Å²) in [4.78, 5) is 16.2. The quantitative estimate of drug-likeness (QED) is 0.330. The van der Waals surface area contributed by atoms with Gasteiger partial charge in [0.15, 0.2) is 8.32 Å². The Balaban J connectivity index is 2.16. The van der Waals surface area contributed by atoms with Gasteiger partial charge in [-0.1, -0.05) is 20.8 Å². The lowest BCUT2D eigenvalue weighted by atomic mass is 10.2. The van der Waals surface area contributed by atoms with Crippen LogP contribution in [0.25, 0.3) is 0 Å². The van der Waals surface area contributed by atoms with E-state index in [9.17, 15) is 4.79 Å². The summed E-state index contributed by atoms with van der Waals surface area (Å²) < 4.78 is 20.7. The van der Waals surface area contributed by atoms with Gasteiger partial charge >= 0.3 is 5.69 Å². The molecular weight excluding hydrogens is 497 g/mol. The van der Waals surface area contributed by atoms with Crippen molar-refractivity contribution in [1.82, 2.24) is 9.55 Å². The first-order valence-electron chi connectivity index (χ1n) is 8.90. The maximum atomic E-state index is 12.3. The molecular formula is C17H30IN3O4SSi. The van der Waals surface area contributed by atoms with Gasteiger partial charge in [-0.3, -0.25) is 4.57 Å². The lowest BCUT2D eigenvalue weighted by Crippen LogP contribution is -2.44. The topological polar surface area (TPSA) is 88.6 Å². The fraction of sp³-hybridized carbons (Fsp3) is 0.765. The van der Waals surface area contributed by atoms with E-state index in [4.69, 9.17) is 19.6 Å². The van der Waals surface area contributed by atoms with E-state index >= 15 is 0 Å². The predicted molar refractivity (Wildman–Crippen MR) is 121 cm³/mol. The Morgan fingerprint density at radius 1 is 1.48 bits per heavy atom. The van der Waals surface area contributed by atoms with Crippen LogP contribution in [-0.4, -0.2) is 48.9 Å². The molecule has 3 atom stereocenters. The van der Waals surface area contributed by atoms with Crippen molar-refractivity contribution in [2.24, 2.45) is 0 Å². The van der Waals surface area contributed by atoms with Gasteiger partial charge in [0.25, 0.3) is 0 Å². The predicted octanol–water partition coefficient (Wildman–Crippen LogP) is 3.45. The molecule has 2 heterocycles. The molecule has 2 N–H and O–H groups in total. The molecule has 0 unspecified atom stereocenters. The van der Waals surface area contributed by atoms with Gasteiger partial charge in [0.2, 0.25) is 0 Å². The molecule has 1 aliphatic heterocycles. The summed E-state index contributed by atoms with van der Waals surface area (Å²) >= 11 is 3.68. The monoisotopic (exact) mass is 527 g/mol. The van der Waals surface area contributed by atoms with Gasteiger partial charge in [0.1, 0.15) is 18.1 Å². The van der Waals surface area contributed by atoms with E-state index in [0.29, 0.717) is 19.0 Å². The molecule has 0 amide bonds. The van der Waals surface area contributed by atoms with E-state index in [1.54, 1.807) is 18.0 Å². The van der Waals surface area contributed by atoms with Crippen molar-refractivity contribution in [2.45, 2.75) is 63.8 Å². The second kappa shape index (κ2) is 9.12. The minimum Gasteiger partial charge on any atom is -0.414 e. The minimum atomic E-state index is -1.90. The SMILES string of the molecule is CSCO[C@H]1C[C@H](n2cc(I)c(N)nc2=O)O[C@@H]1CO[Si](C)(C)C(C)(C)C. The smallest absolute Gasteiger partial charge is 0.351 e. The highest BCUT2D eigenvalue weighted by Crippen LogP contribution is 2.38. The Morgan fingerprint density at radius 2 is 2.15 bits per heavy atom. The normalized spacial score (nSPS) is 23.7. The third kappa shape index (κ3) is 5.69. The molecule has 10 heteroatoms. The van der Waals surface area contributed by atoms with Crippen LogP contribution < -0.4 is 11.4 Å². The Bertz CT molecular complexity index is 710.